The third kappa shape index (κ3) is 4.23. The van der Waals surface area contributed by atoms with E-state index in [-0.39, 0.29) is 41.3 Å². The van der Waals surface area contributed by atoms with Crippen LogP contribution in [0.2, 0.25) is 30.1 Å². The summed E-state index contributed by atoms with van der Waals surface area (Å²) in [5, 5.41) is 20.1. The monoisotopic (exact) mass is 520 g/mol. The molecule has 0 saturated heterocycles. The van der Waals surface area contributed by atoms with E-state index in [1.54, 1.807) is 0 Å². The van der Waals surface area contributed by atoms with E-state index >= 15 is 0 Å². The second-order valence-corrected chi connectivity index (χ2v) is 9.56. The molecule has 0 saturated carbocycles. The van der Waals surface area contributed by atoms with Gasteiger partial charge in [-0.15, -0.1) is 0 Å². The number of rotatable bonds is 2. The summed E-state index contributed by atoms with van der Waals surface area (Å²) in [5.41, 5.74) is -0.315. The van der Waals surface area contributed by atoms with Crippen molar-refractivity contribution in [1.82, 2.24) is 0 Å². The third-order valence-corrected chi connectivity index (χ3v) is 6.10. The molecule has 2 nitrogen and oxygen atoms in total. The minimum Gasteiger partial charge on any atom is -0.506 e. The molecule has 0 aliphatic heterocycles. The van der Waals surface area contributed by atoms with Gasteiger partial charge in [-0.05, 0) is 12.1 Å². The van der Waals surface area contributed by atoms with Crippen molar-refractivity contribution in [1.29, 1.82) is 0 Å². The summed E-state index contributed by atoms with van der Waals surface area (Å²) >= 11 is 54.5. The standard InChI is InChI=1S/C14H5Cl9O2/c15-3-1-5(17)12(24)7(10(3)19)9(14(21,22)23)8-11(20)4(16)2-6(18)13(8)25/h1-2,9,24-25H. The molecule has 25 heavy (non-hydrogen) atoms. The lowest BCUT2D eigenvalue weighted by Crippen LogP contribution is -2.20. The minimum atomic E-state index is -2.15. The molecule has 0 spiro atoms. The third-order valence-electron chi connectivity index (χ3n) is 3.27. The van der Waals surface area contributed by atoms with Gasteiger partial charge in [-0.2, -0.15) is 0 Å². The molecule has 0 amide bonds. The van der Waals surface area contributed by atoms with Crippen LogP contribution in [0.25, 0.3) is 0 Å². The molecule has 0 aromatic heterocycles. The summed E-state index contributed by atoms with van der Waals surface area (Å²) < 4.78 is -2.15. The number of benzene rings is 2. The van der Waals surface area contributed by atoms with Crippen LogP contribution in [0.15, 0.2) is 12.1 Å². The maximum atomic E-state index is 10.4. The van der Waals surface area contributed by atoms with Crippen molar-refractivity contribution in [2.75, 3.05) is 0 Å². The van der Waals surface area contributed by atoms with Crippen LogP contribution in [0.5, 0.6) is 11.5 Å². The smallest absolute Gasteiger partial charge is 0.201 e. The zero-order valence-corrected chi connectivity index (χ0v) is 18.3. The van der Waals surface area contributed by atoms with Crippen LogP contribution in [-0.4, -0.2) is 14.0 Å². The molecular formula is C14H5Cl9O2. The summed E-state index contributed by atoms with van der Waals surface area (Å²) in [6.07, 6.45) is 0. The first kappa shape index (κ1) is 21.9. The molecule has 0 aliphatic carbocycles. The molecule has 0 bridgehead atoms. The molecule has 2 rings (SSSR count). The number of phenolic OH excluding ortho intramolecular Hbond substituents is 2. The maximum Gasteiger partial charge on any atom is 0.201 e. The van der Waals surface area contributed by atoms with Crippen molar-refractivity contribution in [2.45, 2.75) is 9.71 Å². The number of halogens is 9. The van der Waals surface area contributed by atoms with E-state index in [1.807, 2.05) is 0 Å². The van der Waals surface area contributed by atoms with Crippen molar-refractivity contribution in [2.24, 2.45) is 0 Å². The van der Waals surface area contributed by atoms with Gasteiger partial charge in [0.1, 0.15) is 11.5 Å². The van der Waals surface area contributed by atoms with Gasteiger partial charge in [0.05, 0.1) is 36.1 Å². The fraction of sp³-hybridized carbons (Fsp3) is 0.143. The first-order valence-corrected chi connectivity index (χ1v) is 9.57. The number of aromatic hydroxyl groups is 2. The van der Waals surface area contributed by atoms with Crippen LogP contribution >= 0.6 is 104 Å². The van der Waals surface area contributed by atoms with E-state index < -0.39 is 21.2 Å². The Balaban J connectivity index is 2.97. The number of phenols is 2. The van der Waals surface area contributed by atoms with Crippen molar-refractivity contribution >= 4 is 104 Å². The van der Waals surface area contributed by atoms with Gasteiger partial charge < -0.3 is 10.2 Å². The van der Waals surface area contributed by atoms with Crippen LogP contribution in [0.4, 0.5) is 0 Å². The van der Waals surface area contributed by atoms with Crippen molar-refractivity contribution < 1.29 is 10.2 Å². The van der Waals surface area contributed by atoms with Crippen LogP contribution in [0.1, 0.15) is 17.0 Å². The Morgan fingerprint density at radius 3 is 1.24 bits per heavy atom. The first-order valence-electron chi connectivity index (χ1n) is 6.17. The minimum absolute atomic E-state index is 0.0116. The molecule has 11 heteroatoms. The van der Waals surface area contributed by atoms with E-state index in [1.165, 1.54) is 12.1 Å². The Labute approximate surface area is 188 Å². The van der Waals surface area contributed by atoms with E-state index in [0.717, 1.165) is 0 Å². The van der Waals surface area contributed by atoms with Crippen LogP contribution < -0.4 is 0 Å². The Hall–Kier alpha value is 0.650. The van der Waals surface area contributed by atoms with Gasteiger partial charge in [-0.25, -0.2) is 0 Å². The highest BCUT2D eigenvalue weighted by Crippen LogP contribution is 2.57. The second-order valence-electron chi connectivity index (χ2n) is 4.81. The van der Waals surface area contributed by atoms with Gasteiger partial charge in [-0.3, -0.25) is 0 Å². The van der Waals surface area contributed by atoms with Gasteiger partial charge >= 0.3 is 0 Å². The molecule has 0 heterocycles. The van der Waals surface area contributed by atoms with Gasteiger partial charge in [-0.1, -0.05) is 104 Å². The Bertz CT molecular complexity index is 730. The molecule has 0 aliphatic rings. The Morgan fingerprint density at radius 1 is 0.640 bits per heavy atom. The average molecular weight is 524 g/mol. The van der Waals surface area contributed by atoms with Gasteiger partial charge in [0.2, 0.25) is 3.79 Å². The fourth-order valence-electron chi connectivity index (χ4n) is 2.21. The van der Waals surface area contributed by atoms with Crippen LogP contribution in [0.3, 0.4) is 0 Å². The molecule has 0 radical (unpaired) electrons. The molecule has 0 atom stereocenters. The van der Waals surface area contributed by atoms with Gasteiger partial charge in [0.15, 0.2) is 0 Å². The molecule has 2 aromatic carbocycles. The van der Waals surface area contributed by atoms with E-state index in [9.17, 15) is 10.2 Å². The highest BCUT2D eigenvalue weighted by Gasteiger charge is 2.43. The first-order chi connectivity index (χ1) is 11.4. The maximum absolute atomic E-state index is 10.4. The zero-order valence-electron chi connectivity index (χ0n) is 11.5. The summed E-state index contributed by atoms with van der Waals surface area (Å²) in [5.74, 6) is -2.40. The SMILES string of the molecule is Oc1c(Cl)cc(Cl)c(Cl)c1C(c1c(O)c(Cl)cc(Cl)c1Cl)C(Cl)(Cl)Cl. The fourth-order valence-corrected chi connectivity index (χ4v) is 4.32. The summed E-state index contributed by atoms with van der Waals surface area (Å²) in [6, 6.07) is 2.43. The number of alkyl halides is 3. The number of hydrogen-bond donors (Lipinski definition) is 2. The average Bonchev–Trinajstić information content (AvgIpc) is 2.48. The molecule has 0 unspecified atom stereocenters. The van der Waals surface area contributed by atoms with Crippen molar-refractivity contribution in [3.63, 3.8) is 0 Å². The van der Waals surface area contributed by atoms with Crippen molar-refractivity contribution in [3.05, 3.63) is 53.4 Å². The molecule has 136 valence electrons. The largest absolute Gasteiger partial charge is 0.506 e. The highest BCUT2D eigenvalue weighted by atomic mass is 35.6. The summed E-state index contributed by atoms with van der Waals surface area (Å²) in [7, 11) is 0. The number of hydrogen-bond acceptors (Lipinski definition) is 2. The van der Waals surface area contributed by atoms with Crippen LogP contribution in [-0.2, 0) is 0 Å². The molecule has 0 fully saturated rings. The Kier molecular flexibility index (Phi) is 6.98. The predicted molar refractivity (Wildman–Crippen MR) is 108 cm³/mol. The zero-order chi connectivity index (χ0) is 19.3. The van der Waals surface area contributed by atoms with Crippen molar-refractivity contribution in [3.8, 4) is 11.5 Å². The summed E-state index contributed by atoms with van der Waals surface area (Å²) in [4.78, 5) is 0. The quantitative estimate of drug-likeness (QED) is 0.306. The van der Waals surface area contributed by atoms with E-state index in [0.29, 0.717) is 0 Å². The Morgan fingerprint density at radius 2 is 0.960 bits per heavy atom. The van der Waals surface area contributed by atoms with Gasteiger partial charge in [0, 0.05) is 11.1 Å². The second kappa shape index (κ2) is 7.95. The van der Waals surface area contributed by atoms with E-state index in [2.05, 4.69) is 0 Å². The topological polar surface area (TPSA) is 40.5 Å². The lowest BCUT2D eigenvalue weighted by Gasteiger charge is -2.29. The molecular weight excluding hydrogens is 519 g/mol. The predicted octanol–water partition coefficient (Wildman–Crippen LogP) is 8.52. The lowest BCUT2D eigenvalue weighted by molar-refractivity contribution is 0.455. The van der Waals surface area contributed by atoms with Crippen LogP contribution in [0, 0.1) is 0 Å². The molecule has 2 aromatic rings. The van der Waals surface area contributed by atoms with E-state index in [4.69, 9.17) is 104 Å². The van der Waals surface area contributed by atoms with Gasteiger partial charge in [0.25, 0.3) is 0 Å². The lowest BCUT2D eigenvalue weighted by atomic mass is 9.90. The normalized spacial score (nSPS) is 12.1. The molecule has 2 N–H and O–H groups in total. The summed E-state index contributed by atoms with van der Waals surface area (Å²) in [6.45, 7) is 0. The highest BCUT2D eigenvalue weighted by molar-refractivity contribution is 6.68.